The molecule has 2 heterocycles. The smallest absolute Gasteiger partial charge is 0.259 e. The van der Waals surface area contributed by atoms with Crippen LogP contribution in [-0.4, -0.2) is 66.1 Å². The van der Waals surface area contributed by atoms with E-state index in [0.717, 1.165) is 42.4 Å². The number of aliphatic hydroxyl groups excluding tert-OH is 1. The first-order valence-electron chi connectivity index (χ1n) is 10.7. The van der Waals surface area contributed by atoms with E-state index in [0.29, 0.717) is 32.1 Å². The maximum atomic E-state index is 12.9. The van der Waals surface area contributed by atoms with E-state index in [1.165, 1.54) is 23.3 Å². The Bertz CT molecular complexity index is 879. The minimum atomic E-state index is -0.624. The molecule has 0 fully saturated rings. The van der Waals surface area contributed by atoms with E-state index in [1.54, 1.807) is 24.5 Å². The van der Waals surface area contributed by atoms with E-state index >= 15 is 0 Å². The second-order valence-corrected chi connectivity index (χ2v) is 8.90. The number of H-pyrrole nitrogens is 1. The van der Waals surface area contributed by atoms with Gasteiger partial charge in [0.05, 0.1) is 31.2 Å². The quantitative estimate of drug-likeness (QED) is 0.303. The molecule has 0 saturated heterocycles. The first-order valence-corrected chi connectivity index (χ1v) is 11.6. The number of aromatic amines is 1. The monoisotopic (exact) mass is 435 g/mol. The molecule has 0 aromatic carbocycles. The topological polar surface area (TPSA) is 87.7 Å². The summed E-state index contributed by atoms with van der Waals surface area (Å²) in [5.41, 5.74) is 1.17. The number of aromatic nitrogens is 2. The molecule has 8 heteroatoms. The van der Waals surface area contributed by atoms with Gasteiger partial charge in [-0.1, -0.05) is 12.5 Å². The van der Waals surface area contributed by atoms with Gasteiger partial charge >= 0.3 is 0 Å². The highest BCUT2D eigenvalue weighted by Gasteiger charge is 2.20. The molecule has 7 nitrogen and oxygen atoms in total. The summed E-state index contributed by atoms with van der Waals surface area (Å²) in [6, 6.07) is 0. The Labute approximate surface area is 181 Å². The van der Waals surface area contributed by atoms with Crippen LogP contribution in [0, 0.1) is 0 Å². The molecule has 2 N–H and O–H groups in total. The lowest BCUT2D eigenvalue weighted by Crippen LogP contribution is -2.36. The zero-order valence-corrected chi connectivity index (χ0v) is 18.6. The van der Waals surface area contributed by atoms with Crippen molar-refractivity contribution < 1.29 is 14.6 Å². The molecule has 2 aromatic rings. The maximum Gasteiger partial charge on any atom is 0.259 e. The third-order valence-corrected chi connectivity index (χ3v) is 6.52. The van der Waals surface area contributed by atoms with E-state index in [-0.39, 0.29) is 12.2 Å². The van der Waals surface area contributed by atoms with Gasteiger partial charge in [0, 0.05) is 31.7 Å². The fourth-order valence-corrected chi connectivity index (χ4v) is 5.26. The van der Waals surface area contributed by atoms with Crippen LogP contribution in [-0.2, 0) is 28.9 Å². The van der Waals surface area contributed by atoms with E-state index in [9.17, 15) is 9.90 Å². The number of hydrogen-bond acceptors (Lipinski definition) is 7. The summed E-state index contributed by atoms with van der Waals surface area (Å²) in [5.74, 6) is 0.639. The Kier molecular flexibility index (Phi) is 9.02. The van der Waals surface area contributed by atoms with Crippen molar-refractivity contribution in [2.24, 2.45) is 0 Å². The zero-order chi connectivity index (χ0) is 21.3. The molecule has 0 unspecified atom stereocenters. The molecule has 1 aliphatic carbocycles. The van der Waals surface area contributed by atoms with Gasteiger partial charge < -0.3 is 19.6 Å². The Hall–Kier alpha value is -1.58. The summed E-state index contributed by atoms with van der Waals surface area (Å²) >= 11 is 1.67. The van der Waals surface area contributed by atoms with Gasteiger partial charge in [-0.05, 0) is 37.7 Å². The second kappa shape index (κ2) is 11.7. The summed E-state index contributed by atoms with van der Waals surface area (Å²) < 4.78 is 10.5. The van der Waals surface area contributed by atoms with Gasteiger partial charge in [0.15, 0.2) is 0 Å². The molecule has 166 valence electrons. The van der Waals surface area contributed by atoms with E-state index < -0.39 is 6.10 Å². The van der Waals surface area contributed by atoms with Crippen LogP contribution >= 0.6 is 11.3 Å². The fraction of sp³-hybridized carbons (Fsp3) is 0.636. The minimum Gasteiger partial charge on any atom is -0.389 e. The van der Waals surface area contributed by atoms with Gasteiger partial charge in [-0.2, -0.15) is 0 Å². The highest BCUT2D eigenvalue weighted by atomic mass is 32.1. The van der Waals surface area contributed by atoms with Gasteiger partial charge in [0.25, 0.3) is 5.56 Å². The van der Waals surface area contributed by atoms with Gasteiger partial charge in [0.1, 0.15) is 10.7 Å². The minimum absolute atomic E-state index is 0.0406. The average molecular weight is 436 g/mol. The highest BCUT2D eigenvalue weighted by Crippen LogP contribution is 2.32. The molecule has 0 saturated carbocycles. The van der Waals surface area contributed by atoms with Crippen LogP contribution in [0.25, 0.3) is 10.2 Å². The average Bonchev–Trinajstić information content (AvgIpc) is 2.90. The van der Waals surface area contributed by atoms with Crippen LogP contribution in [0.5, 0.6) is 0 Å². The van der Waals surface area contributed by atoms with Crippen LogP contribution in [0.4, 0.5) is 0 Å². The Balaban J connectivity index is 1.75. The predicted octanol–water partition coefficient (Wildman–Crippen LogP) is 2.66. The standard InChI is InChI=1S/C22H33N3O4S/c1-3-11-29-15-16(26)13-25(10-7-12-28-2)14-19-23-21(27)20-17-8-5-4-6-9-18(17)30-22(20)24-19/h3,16,26H,1,4-15H2,2H3,(H,23,24,27)/t16-/m0/s1. The molecule has 3 rings (SSSR count). The van der Waals surface area contributed by atoms with Gasteiger partial charge in [-0.25, -0.2) is 4.98 Å². The highest BCUT2D eigenvalue weighted by molar-refractivity contribution is 7.18. The number of ether oxygens (including phenoxy) is 2. The summed E-state index contributed by atoms with van der Waals surface area (Å²) in [6.45, 7) is 6.54. The number of aliphatic hydroxyl groups is 1. The van der Waals surface area contributed by atoms with E-state index in [1.807, 2.05) is 0 Å². The van der Waals surface area contributed by atoms with Crippen LogP contribution in [0.3, 0.4) is 0 Å². The number of rotatable bonds is 12. The lowest BCUT2D eigenvalue weighted by atomic mass is 10.1. The lowest BCUT2D eigenvalue weighted by Gasteiger charge is -2.24. The van der Waals surface area contributed by atoms with E-state index in [2.05, 4.69) is 16.5 Å². The van der Waals surface area contributed by atoms with Gasteiger partial charge in [-0.15, -0.1) is 17.9 Å². The Morgan fingerprint density at radius 3 is 3.00 bits per heavy atom. The molecular formula is C22H33N3O4S. The molecule has 0 spiro atoms. The lowest BCUT2D eigenvalue weighted by molar-refractivity contribution is 0.0225. The molecular weight excluding hydrogens is 402 g/mol. The molecule has 30 heavy (non-hydrogen) atoms. The number of hydrogen-bond donors (Lipinski definition) is 2. The number of thiophene rings is 1. The summed E-state index contributed by atoms with van der Waals surface area (Å²) in [4.78, 5) is 24.9. The molecule has 1 aliphatic rings. The number of nitrogens with zero attached hydrogens (tertiary/aromatic N) is 2. The molecule has 0 radical (unpaired) electrons. The van der Waals surface area contributed by atoms with Crippen molar-refractivity contribution in [3.05, 3.63) is 39.3 Å². The third kappa shape index (κ3) is 6.21. The number of nitrogens with one attached hydrogen (secondary N) is 1. The molecule has 0 bridgehead atoms. The van der Waals surface area contributed by atoms with Crippen molar-refractivity contribution in [2.75, 3.05) is 40.0 Å². The van der Waals surface area contributed by atoms with Crippen molar-refractivity contribution in [1.82, 2.24) is 14.9 Å². The van der Waals surface area contributed by atoms with Crippen molar-refractivity contribution in [3.63, 3.8) is 0 Å². The number of fused-ring (bicyclic) bond motifs is 3. The summed E-state index contributed by atoms with van der Waals surface area (Å²) in [5, 5.41) is 11.1. The van der Waals surface area contributed by atoms with Gasteiger partial charge in [-0.3, -0.25) is 9.69 Å². The van der Waals surface area contributed by atoms with Crippen LogP contribution in [0.15, 0.2) is 17.4 Å². The Morgan fingerprint density at radius 2 is 2.20 bits per heavy atom. The fourth-order valence-electron chi connectivity index (χ4n) is 3.98. The SMILES string of the molecule is C=CCOC[C@@H](O)CN(CCCOC)Cc1nc2sc3c(c2c(=O)[nH]1)CCCCC3. The van der Waals surface area contributed by atoms with Crippen molar-refractivity contribution in [1.29, 1.82) is 0 Å². The van der Waals surface area contributed by atoms with E-state index in [4.69, 9.17) is 14.5 Å². The number of methoxy groups -OCH3 is 1. The molecule has 1 atom stereocenters. The predicted molar refractivity (Wildman–Crippen MR) is 120 cm³/mol. The van der Waals surface area contributed by atoms with Crippen LogP contribution in [0.1, 0.15) is 41.9 Å². The maximum absolute atomic E-state index is 12.9. The first kappa shape index (κ1) is 23.1. The van der Waals surface area contributed by atoms with Crippen LogP contribution in [0.2, 0.25) is 0 Å². The summed E-state index contributed by atoms with van der Waals surface area (Å²) in [6.07, 6.45) is 7.43. The molecule has 0 amide bonds. The van der Waals surface area contributed by atoms with Crippen molar-refractivity contribution in [3.8, 4) is 0 Å². The second-order valence-electron chi connectivity index (χ2n) is 7.82. The van der Waals surface area contributed by atoms with Gasteiger partial charge in [0.2, 0.25) is 0 Å². The Morgan fingerprint density at radius 1 is 1.37 bits per heavy atom. The molecule has 2 aromatic heterocycles. The zero-order valence-electron chi connectivity index (χ0n) is 17.8. The first-order chi connectivity index (χ1) is 14.6. The molecule has 0 aliphatic heterocycles. The third-order valence-electron chi connectivity index (χ3n) is 5.34. The largest absolute Gasteiger partial charge is 0.389 e. The van der Waals surface area contributed by atoms with Crippen LogP contribution < -0.4 is 5.56 Å². The van der Waals surface area contributed by atoms with Crippen molar-refractivity contribution >= 4 is 21.6 Å². The normalized spacial score (nSPS) is 15.3. The number of aryl methyl sites for hydroxylation is 2. The summed E-state index contributed by atoms with van der Waals surface area (Å²) in [7, 11) is 1.68. The van der Waals surface area contributed by atoms with Crippen molar-refractivity contribution in [2.45, 2.75) is 51.2 Å².